The van der Waals surface area contributed by atoms with E-state index in [1.807, 2.05) is 13.8 Å². The lowest BCUT2D eigenvalue weighted by Crippen LogP contribution is -2.38. The largest absolute Gasteiger partial charge is 0.395 e. The first-order chi connectivity index (χ1) is 10.7. The maximum atomic E-state index is 12.3. The van der Waals surface area contributed by atoms with E-state index in [1.165, 1.54) is 12.1 Å². The maximum absolute atomic E-state index is 12.3. The number of hydrogen-bond acceptors (Lipinski definition) is 6. The van der Waals surface area contributed by atoms with E-state index in [1.54, 1.807) is 0 Å². The Balaban J connectivity index is 2.90. The summed E-state index contributed by atoms with van der Waals surface area (Å²) in [6.07, 6.45) is -0.0857. The molecular weight excluding hydrogens is 324 g/mol. The first kappa shape index (κ1) is 19.5. The lowest BCUT2D eigenvalue weighted by molar-refractivity contribution is -0.387. The average molecular weight is 346 g/mol. The van der Waals surface area contributed by atoms with E-state index in [4.69, 9.17) is 0 Å². The van der Waals surface area contributed by atoms with Crippen LogP contribution in [-0.2, 0) is 10.0 Å². The van der Waals surface area contributed by atoms with Crippen molar-refractivity contribution in [2.45, 2.75) is 43.7 Å². The molecule has 0 radical (unpaired) electrons. The summed E-state index contributed by atoms with van der Waals surface area (Å²) in [5.74, 6) is 0.0150. The zero-order valence-electron chi connectivity index (χ0n) is 13.0. The molecule has 0 aromatic heterocycles. The monoisotopic (exact) mass is 346 g/mol. The number of nitrogens with zero attached hydrogens (tertiary/aromatic N) is 1. The maximum Gasteiger partial charge on any atom is 0.289 e. The molecule has 0 heterocycles. The molecule has 0 fully saturated rings. The number of sulfonamides is 1. The Morgan fingerprint density at radius 3 is 2.39 bits per heavy atom. The van der Waals surface area contributed by atoms with E-state index in [0.717, 1.165) is 12.1 Å². The van der Waals surface area contributed by atoms with Crippen LogP contribution in [0.5, 0.6) is 0 Å². The number of aliphatic hydroxyl groups is 2. The number of rotatable bonds is 9. The number of nitro benzene ring substituents is 1. The van der Waals surface area contributed by atoms with Crippen LogP contribution < -0.4 is 4.72 Å². The van der Waals surface area contributed by atoms with Gasteiger partial charge in [0.2, 0.25) is 10.0 Å². The fourth-order valence-corrected chi connectivity index (χ4v) is 3.44. The quantitative estimate of drug-likeness (QED) is 0.452. The third kappa shape index (κ3) is 5.54. The molecule has 3 N–H and O–H groups in total. The molecule has 0 spiro atoms. The molecule has 0 aliphatic rings. The molecule has 0 aliphatic carbocycles. The van der Waals surface area contributed by atoms with Gasteiger partial charge in [0.05, 0.1) is 17.6 Å². The number of para-hydroxylation sites is 1. The zero-order chi connectivity index (χ0) is 17.6. The van der Waals surface area contributed by atoms with Crippen molar-refractivity contribution in [1.82, 2.24) is 4.72 Å². The molecular formula is C14H22N2O6S. The van der Waals surface area contributed by atoms with Gasteiger partial charge in [-0.2, -0.15) is 0 Å². The van der Waals surface area contributed by atoms with Gasteiger partial charge in [-0.3, -0.25) is 10.1 Å². The van der Waals surface area contributed by atoms with Gasteiger partial charge in [-0.05, 0) is 24.8 Å². The van der Waals surface area contributed by atoms with Gasteiger partial charge in [0.25, 0.3) is 5.69 Å². The number of hydrogen-bond donors (Lipinski definition) is 3. The van der Waals surface area contributed by atoms with Gasteiger partial charge in [-0.25, -0.2) is 13.1 Å². The fourth-order valence-electron chi connectivity index (χ4n) is 2.01. The van der Waals surface area contributed by atoms with Gasteiger partial charge in [0.1, 0.15) is 0 Å². The molecule has 23 heavy (non-hydrogen) atoms. The number of nitrogens with one attached hydrogen (secondary N) is 1. The summed E-state index contributed by atoms with van der Waals surface area (Å²) in [7, 11) is -4.15. The van der Waals surface area contributed by atoms with E-state index in [2.05, 4.69) is 4.72 Å². The lowest BCUT2D eigenvalue weighted by atomic mass is 10.0. The van der Waals surface area contributed by atoms with E-state index >= 15 is 0 Å². The van der Waals surface area contributed by atoms with E-state index in [-0.39, 0.29) is 12.3 Å². The smallest absolute Gasteiger partial charge is 0.289 e. The summed E-state index contributed by atoms with van der Waals surface area (Å²) >= 11 is 0. The van der Waals surface area contributed by atoms with Crippen LogP contribution in [0.2, 0.25) is 0 Å². The summed E-state index contributed by atoms with van der Waals surface area (Å²) in [5, 5.41) is 30.0. The van der Waals surface area contributed by atoms with E-state index in [0.29, 0.717) is 6.42 Å². The standard InChI is InChI=1S/C14H22N2O6S/c1-10(2)13(18)8-7-11(9-17)15-23(21,22)14-6-4-3-5-12(14)16(19)20/h3-6,10-11,13,15,17-18H,7-9H2,1-2H3/t11-,13+/m1/s1. The first-order valence-corrected chi connectivity index (χ1v) is 8.72. The lowest BCUT2D eigenvalue weighted by Gasteiger charge is -2.20. The Labute approximate surface area is 135 Å². The molecule has 9 heteroatoms. The highest BCUT2D eigenvalue weighted by Crippen LogP contribution is 2.23. The molecule has 0 saturated carbocycles. The summed E-state index contributed by atoms with van der Waals surface area (Å²) in [6, 6.07) is 4.17. The summed E-state index contributed by atoms with van der Waals surface area (Å²) < 4.78 is 26.9. The van der Waals surface area contributed by atoms with Crippen LogP contribution in [0.4, 0.5) is 5.69 Å². The highest BCUT2D eigenvalue weighted by atomic mass is 32.2. The molecule has 1 rings (SSSR count). The molecule has 0 saturated heterocycles. The van der Waals surface area contributed by atoms with Crippen molar-refractivity contribution in [2.75, 3.05) is 6.61 Å². The van der Waals surface area contributed by atoms with Crippen molar-refractivity contribution in [3.05, 3.63) is 34.4 Å². The average Bonchev–Trinajstić information content (AvgIpc) is 2.50. The fraction of sp³-hybridized carbons (Fsp3) is 0.571. The van der Waals surface area contributed by atoms with E-state index < -0.39 is 44.3 Å². The van der Waals surface area contributed by atoms with Crippen LogP contribution in [0.25, 0.3) is 0 Å². The molecule has 0 aliphatic heterocycles. The van der Waals surface area contributed by atoms with Crippen LogP contribution in [0.15, 0.2) is 29.2 Å². The summed E-state index contributed by atoms with van der Waals surface area (Å²) in [5.41, 5.74) is -0.529. The predicted molar refractivity (Wildman–Crippen MR) is 84.4 cm³/mol. The number of nitro groups is 1. The third-order valence-corrected chi connectivity index (χ3v) is 5.04. The summed E-state index contributed by atoms with van der Waals surface area (Å²) in [4.78, 5) is 9.72. The number of aliphatic hydroxyl groups excluding tert-OH is 2. The van der Waals surface area contributed by atoms with Crippen LogP contribution in [0.3, 0.4) is 0 Å². The SMILES string of the molecule is CC(C)[C@@H](O)CC[C@H](CO)NS(=O)(=O)c1ccccc1[N+](=O)[O-]. The van der Waals surface area contributed by atoms with Crippen molar-refractivity contribution in [3.63, 3.8) is 0 Å². The Morgan fingerprint density at radius 1 is 1.26 bits per heavy atom. The molecule has 1 aromatic rings. The van der Waals surface area contributed by atoms with Gasteiger partial charge >= 0.3 is 0 Å². The van der Waals surface area contributed by atoms with Gasteiger partial charge in [-0.15, -0.1) is 0 Å². The molecule has 2 atom stereocenters. The Bertz CT molecular complexity index is 632. The zero-order valence-corrected chi connectivity index (χ0v) is 13.9. The minimum Gasteiger partial charge on any atom is -0.395 e. The van der Waals surface area contributed by atoms with Gasteiger partial charge < -0.3 is 10.2 Å². The molecule has 130 valence electrons. The van der Waals surface area contributed by atoms with Crippen LogP contribution in [0, 0.1) is 16.0 Å². The first-order valence-electron chi connectivity index (χ1n) is 7.23. The molecule has 0 unspecified atom stereocenters. The van der Waals surface area contributed by atoms with Crippen molar-refractivity contribution in [1.29, 1.82) is 0 Å². The second kappa shape index (κ2) is 8.34. The topological polar surface area (TPSA) is 130 Å². The number of benzene rings is 1. The van der Waals surface area contributed by atoms with Crippen molar-refractivity contribution >= 4 is 15.7 Å². The second-order valence-electron chi connectivity index (χ2n) is 5.61. The highest BCUT2D eigenvalue weighted by Gasteiger charge is 2.27. The molecule has 8 nitrogen and oxygen atoms in total. The summed E-state index contributed by atoms with van der Waals surface area (Å²) in [6.45, 7) is 3.19. The van der Waals surface area contributed by atoms with Gasteiger partial charge in [0.15, 0.2) is 4.90 Å². The second-order valence-corrected chi connectivity index (χ2v) is 7.30. The molecule has 0 amide bonds. The Kier molecular flexibility index (Phi) is 7.07. The molecule has 1 aromatic carbocycles. The van der Waals surface area contributed by atoms with Crippen molar-refractivity contribution < 1.29 is 23.6 Å². The third-order valence-electron chi connectivity index (χ3n) is 3.47. The minimum atomic E-state index is -4.15. The van der Waals surface area contributed by atoms with Crippen molar-refractivity contribution in [2.24, 2.45) is 5.92 Å². The van der Waals surface area contributed by atoms with Gasteiger partial charge in [0, 0.05) is 12.1 Å². The highest BCUT2D eigenvalue weighted by molar-refractivity contribution is 7.89. The Hall–Kier alpha value is -1.55. The van der Waals surface area contributed by atoms with E-state index in [9.17, 15) is 28.7 Å². The van der Waals surface area contributed by atoms with Gasteiger partial charge in [-0.1, -0.05) is 26.0 Å². The molecule has 0 bridgehead atoms. The van der Waals surface area contributed by atoms with Crippen LogP contribution in [-0.4, -0.2) is 42.3 Å². The predicted octanol–water partition coefficient (Wildman–Crippen LogP) is 1.03. The van der Waals surface area contributed by atoms with Crippen LogP contribution >= 0.6 is 0 Å². The van der Waals surface area contributed by atoms with Crippen LogP contribution in [0.1, 0.15) is 26.7 Å². The normalized spacial score (nSPS) is 14.7. The Morgan fingerprint density at radius 2 is 1.87 bits per heavy atom. The van der Waals surface area contributed by atoms with Crippen molar-refractivity contribution in [3.8, 4) is 0 Å². The minimum absolute atomic E-state index is 0.0150.